The number of nitrogens with two attached hydrogens (primary N) is 1. The molecule has 0 aliphatic heterocycles. The monoisotopic (exact) mass is 410 g/mol. The number of carbonyl (C=O) groups excluding carboxylic acids is 1. The molecule has 1 rings (SSSR count). The van der Waals surface area contributed by atoms with Crippen molar-refractivity contribution in [2.45, 2.75) is 32.2 Å². The molecular weight excluding hydrogens is 395 g/mol. The minimum absolute atomic E-state index is 0.116. The van der Waals surface area contributed by atoms with E-state index < -0.39 is 6.04 Å². The molecular formula is C12H16BrIN2O. The lowest BCUT2D eigenvalue weighted by Crippen LogP contribution is -2.35. The summed E-state index contributed by atoms with van der Waals surface area (Å²) in [5, 5.41) is 2.86. The van der Waals surface area contributed by atoms with Gasteiger partial charge in [0.1, 0.15) is 0 Å². The van der Waals surface area contributed by atoms with Crippen molar-refractivity contribution in [3.05, 3.63) is 26.2 Å². The van der Waals surface area contributed by atoms with Crippen LogP contribution in [0.5, 0.6) is 0 Å². The van der Waals surface area contributed by atoms with Gasteiger partial charge in [0.05, 0.1) is 11.7 Å². The van der Waals surface area contributed by atoms with Crippen molar-refractivity contribution in [1.82, 2.24) is 0 Å². The third-order valence-electron chi connectivity index (χ3n) is 2.39. The molecule has 0 spiro atoms. The molecule has 0 aromatic heterocycles. The SMILES string of the molecule is CCCCC(N)C(=O)Nc1cc(Br)ccc1I. The molecule has 3 N–H and O–H groups in total. The third kappa shape index (κ3) is 4.93. The first kappa shape index (κ1) is 14.9. The summed E-state index contributed by atoms with van der Waals surface area (Å²) in [6.45, 7) is 2.09. The Bertz CT molecular complexity index is 398. The molecule has 0 saturated carbocycles. The van der Waals surface area contributed by atoms with E-state index in [9.17, 15) is 4.79 Å². The van der Waals surface area contributed by atoms with E-state index in [2.05, 4.69) is 50.8 Å². The second-order valence-corrected chi connectivity index (χ2v) is 5.94. The lowest BCUT2D eigenvalue weighted by atomic mass is 10.1. The van der Waals surface area contributed by atoms with Gasteiger partial charge in [0.25, 0.3) is 0 Å². The molecule has 0 heterocycles. The Labute approximate surface area is 124 Å². The smallest absolute Gasteiger partial charge is 0.241 e. The Kier molecular flexibility index (Phi) is 6.43. The first-order valence-electron chi connectivity index (χ1n) is 5.56. The highest BCUT2D eigenvalue weighted by atomic mass is 127. The molecule has 0 saturated heterocycles. The molecule has 3 nitrogen and oxygen atoms in total. The molecule has 1 unspecified atom stereocenters. The van der Waals surface area contributed by atoms with Crippen molar-refractivity contribution < 1.29 is 4.79 Å². The lowest BCUT2D eigenvalue weighted by Gasteiger charge is -2.13. The molecule has 0 aliphatic carbocycles. The topological polar surface area (TPSA) is 55.1 Å². The summed E-state index contributed by atoms with van der Waals surface area (Å²) in [6.07, 6.45) is 2.76. The van der Waals surface area contributed by atoms with Gasteiger partial charge < -0.3 is 11.1 Å². The zero-order valence-corrected chi connectivity index (χ0v) is 13.4. The fraction of sp³-hybridized carbons (Fsp3) is 0.417. The number of carbonyl (C=O) groups is 1. The quantitative estimate of drug-likeness (QED) is 0.729. The second-order valence-electron chi connectivity index (χ2n) is 3.86. The number of nitrogens with one attached hydrogen (secondary N) is 1. The van der Waals surface area contributed by atoms with Crippen LogP contribution in [0, 0.1) is 3.57 Å². The van der Waals surface area contributed by atoms with Crippen molar-refractivity contribution in [2.24, 2.45) is 5.73 Å². The normalized spacial score (nSPS) is 12.2. The molecule has 5 heteroatoms. The Morgan fingerprint density at radius 3 is 2.94 bits per heavy atom. The molecule has 1 aromatic carbocycles. The van der Waals surface area contributed by atoms with Gasteiger partial charge in [-0.05, 0) is 47.2 Å². The third-order valence-corrected chi connectivity index (χ3v) is 3.83. The van der Waals surface area contributed by atoms with Crippen LogP contribution in [0.3, 0.4) is 0 Å². The largest absolute Gasteiger partial charge is 0.324 e. The van der Waals surface area contributed by atoms with Gasteiger partial charge in [0.15, 0.2) is 0 Å². The maximum atomic E-state index is 11.8. The van der Waals surface area contributed by atoms with Gasteiger partial charge in [-0.1, -0.05) is 35.7 Å². The van der Waals surface area contributed by atoms with E-state index in [0.29, 0.717) is 0 Å². The van der Waals surface area contributed by atoms with Gasteiger partial charge in [-0.25, -0.2) is 0 Å². The predicted molar refractivity (Wildman–Crippen MR) is 83.0 cm³/mol. The summed E-state index contributed by atoms with van der Waals surface area (Å²) < 4.78 is 1.94. The number of anilines is 1. The van der Waals surface area contributed by atoms with Crippen molar-refractivity contribution in [3.8, 4) is 0 Å². The second kappa shape index (κ2) is 7.33. The van der Waals surface area contributed by atoms with Crippen LogP contribution < -0.4 is 11.1 Å². The number of rotatable bonds is 5. The summed E-state index contributed by atoms with van der Waals surface area (Å²) >= 11 is 5.57. The van der Waals surface area contributed by atoms with Crippen molar-refractivity contribution in [3.63, 3.8) is 0 Å². The summed E-state index contributed by atoms with van der Waals surface area (Å²) in [6, 6.07) is 5.34. The first-order valence-corrected chi connectivity index (χ1v) is 7.43. The summed E-state index contributed by atoms with van der Waals surface area (Å²) in [5.41, 5.74) is 6.62. The van der Waals surface area contributed by atoms with Crippen LogP contribution in [-0.4, -0.2) is 11.9 Å². The highest BCUT2D eigenvalue weighted by molar-refractivity contribution is 14.1. The molecule has 0 bridgehead atoms. The van der Waals surface area contributed by atoms with E-state index in [-0.39, 0.29) is 5.91 Å². The average molecular weight is 411 g/mol. The Balaban J connectivity index is 2.64. The van der Waals surface area contributed by atoms with Crippen LogP contribution in [0.4, 0.5) is 5.69 Å². The Morgan fingerprint density at radius 2 is 2.29 bits per heavy atom. The van der Waals surface area contributed by atoms with Crippen LogP contribution in [0.2, 0.25) is 0 Å². The number of hydrogen-bond acceptors (Lipinski definition) is 2. The van der Waals surface area contributed by atoms with E-state index in [4.69, 9.17) is 5.73 Å². The molecule has 0 fully saturated rings. The van der Waals surface area contributed by atoms with Gasteiger partial charge in [0, 0.05) is 8.04 Å². The number of halogens is 2. The van der Waals surface area contributed by atoms with E-state index in [0.717, 1.165) is 33.0 Å². The van der Waals surface area contributed by atoms with Crippen LogP contribution in [0.15, 0.2) is 22.7 Å². The van der Waals surface area contributed by atoms with Gasteiger partial charge in [-0.2, -0.15) is 0 Å². The minimum atomic E-state index is -0.426. The van der Waals surface area contributed by atoms with Crippen LogP contribution in [-0.2, 0) is 4.79 Å². The predicted octanol–water partition coefficient (Wildman–Crippen LogP) is 3.51. The fourth-order valence-electron chi connectivity index (χ4n) is 1.37. The zero-order chi connectivity index (χ0) is 12.8. The maximum Gasteiger partial charge on any atom is 0.241 e. The molecule has 1 aromatic rings. The Hall–Kier alpha value is -0.140. The molecule has 1 atom stereocenters. The average Bonchev–Trinajstić information content (AvgIpc) is 2.30. The van der Waals surface area contributed by atoms with Crippen LogP contribution in [0.1, 0.15) is 26.2 Å². The zero-order valence-electron chi connectivity index (χ0n) is 9.67. The van der Waals surface area contributed by atoms with Gasteiger partial charge >= 0.3 is 0 Å². The standard InChI is InChI=1S/C12H16BrIN2O/c1-2-3-4-10(15)12(17)16-11-7-8(13)5-6-9(11)14/h5-7,10H,2-4,15H2,1H3,(H,16,17). The van der Waals surface area contributed by atoms with E-state index >= 15 is 0 Å². The van der Waals surface area contributed by atoms with Crippen LogP contribution in [0.25, 0.3) is 0 Å². The van der Waals surface area contributed by atoms with E-state index in [1.165, 1.54) is 0 Å². The highest BCUT2D eigenvalue weighted by Gasteiger charge is 2.14. The highest BCUT2D eigenvalue weighted by Crippen LogP contribution is 2.23. The summed E-state index contributed by atoms with van der Waals surface area (Å²) in [7, 11) is 0. The lowest BCUT2D eigenvalue weighted by molar-refractivity contribution is -0.117. The van der Waals surface area contributed by atoms with Crippen molar-refractivity contribution >= 4 is 50.1 Å². The molecule has 94 valence electrons. The van der Waals surface area contributed by atoms with E-state index in [1.54, 1.807) is 0 Å². The fourth-order valence-corrected chi connectivity index (χ4v) is 2.21. The van der Waals surface area contributed by atoms with Crippen molar-refractivity contribution in [1.29, 1.82) is 0 Å². The molecule has 0 radical (unpaired) electrons. The maximum absolute atomic E-state index is 11.8. The molecule has 1 amide bonds. The van der Waals surface area contributed by atoms with Crippen LogP contribution >= 0.6 is 38.5 Å². The number of hydrogen-bond donors (Lipinski definition) is 2. The number of unbranched alkanes of at least 4 members (excludes halogenated alkanes) is 1. The summed E-state index contributed by atoms with van der Waals surface area (Å²) in [4.78, 5) is 11.8. The van der Waals surface area contributed by atoms with Gasteiger partial charge in [0.2, 0.25) is 5.91 Å². The van der Waals surface area contributed by atoms with E-state index in [1.807, 2.05) is 18.2 Å². The minimum Gasteiger partial charge on any atom is -0.324 e. The number of amides is 1. The molecule has 0 aliphatic rings. The van der Waals surface area contributed by atoms with Gasteiger partial charge in [-0.3, -0.25) is 4.79 Å². The molecule has 17 heavy (non-hydrogen) atoms. The summed E-state index contributed by atoms with van der Waals surface area (Å²) in [5.74, 6) is -0.116. The number of benzene rings is 1. The first-order chi connectivity index (χ1) is 8.04. The van der Waals surface area contributed by atoms with Crippen molar-refractivity contribution in [2.75, 3.05) is 5.32 Å². The Morgan fingerprint density at radius 1 is 1.59 bits per heavy atom. The van der Waals surface area contributed by atoms with Gasteiger partial charge in [-0.15, -0.1) is 0 Å².